The van der Waals surface area contributed by atoms with Crippen LogP contribution in [0.25, 0.3) is 0 Å². The van der Waals surface area contributed by atoms with Crippen LogP contribution in [0.4, 0.5) is 0 Å². The van der Waals surface area contributed by atoms with E-state index in [1.807, 2.05) is 13.0 Å². The highest BCUT2D eigenvalue weighted by atomic mass is 32.2. The van der Waals surface area contributed by atoms with Crippen molar-refractivity contribution in [2.45, 2.75) is 25.2 Å². The van der Waals surface area contributed by atoms with Gasteiger partial charge in [0.1, 0.15) is 0 Å². The van der Waals surface area contributed by atoms with Crippen molar-refractivity contribution in [2.75, 3.05) is 20.1 Å². The van der Waals surface area contributed by atoms with Crippen LogP contribution >= 0.6 is 0 Å². The van der Waals surface area contributed by atoms with E-state index in [2.05, 4.69) is 5.32 Å². The smallest absolute Gasteiger partial charge is 0.243 e. The lowest BCUT2D eigenvalue weighted by Gasteiger charge is -2.17. The molecule has 0 fully saturated rings. The quantitative estimate of drug-likeness (QED) is 0.849. The monoisotopic (exact) mass is 309 g/mol. The van der Waals surface area contributed by atoms with Gasteiger partial charge in [0, 0.05) is 13.6 Å². The van der Waals surface area contributed by atoms with Crippen molar-refractivity contribution >= 4 is 15.9 Å². The second-order valence-electron chi connectivity index (χ2n) is 4.70. The molecule has 0 saturated carbocycles. The second-order valence-corrected chi connectivity index (χ2v) is 6.74. The molecule has 0 aliphatic rings. The fourth-order valence-electron chi connectivity index (χ4n) is 1.71. The van der Waals surface area contributed by atoms with Crippen molar-refractivity contribution < 1.29 is 13.2 Å². The fourth-order valence-corrected chi connectivity index (χ4v) is 2.92. The molecule has 21 heavy (non-hydrogen) atoms. The van der Waals surface area contributed by atoms with Gasteiger partial charge in [-0.3, -0.25) is 4.79 Å². The molecule has 0 aliphatic carbocycles. The molecule has 0 spiro atoms. The Hall–Kier alpha value is -1.91. The summed E-state index contributed by atoms with van der Waals surface area (Å²) in [6, 6.07) is 6.27. The van der Waals surface area contributed by atoms with E-state index < -0.39 is 10.0 Å². The van der Waals surface area contributed by atoms with Crippen LogP contribution < -0.4 is 5.32 Å². The molecule has 1 amide bonds. The van der Waals surface area contributed by atoms with Crippen LogP contribution in [0.1, 0.15) is 24.5 Å². The predicted molar refractivity (Wildman–Crippen MR) is 79.0 cm³/mol. The Morgan fingerprint density at radius 1 is 1.43 bits per heavy atom. The first-order chi connectivity index (χ1) is 9.82. The van der Waals surface area contributed by atoms with Gasteiger partial charge in [0.25, 0.3) is 0 Å². The Labute approximate surface area is 125 Å². The molecule has 0 unspecified atom stereocenters. The van der Waals surface area contributed by atoms with Crippen LogP contribution in [-0.4, -0.2) is 38.8 Å². The lowest BCUT2D eigenvalue weighted by molar-refractivity contribution is -0.121. The first-order valence-corrected chi connectivity index (χ1v) is 8.00. The van der Waals surface area contributed by atoms with Gasteiger partial charge in [0.05, 0.1) is 23.1 Å². The molecule has 0 bridgehead atoms. The zero-order chi connectivity index (χ0) is 16.0. The number of carbonyl (C=O) groups excluding carboxylic acids is 1. The molecule has 114 valence electrons. The molecule has 0 aliphatic heterocycles. The van der Waals surface area contributed by atoms with E-state index in [0.717, 1.165) is 10.7 Å². The number of hydrogen-bond acceptors (Lipinski definition) is 4. The number of nitrogens with one attached hydrogen (secondary N) is 1. The van der Waals surface area contributed by atoms with E-state index in [0.29, 0.717) is 17.7 Å². The van der Waals surface area contributed by atoms with Crippen molar-refractivity contribution in [1.82, 2.24) is 9.62 Å². The number of rotatable bonds is 6. The normalized spacial score (nSPS) is 11.2. The topological polar surface area (TPSA) is 90.3 Å². The van der Waals surface area contributed by atoms with E-state index >= 15 is 0 Å². The summed E-state index contributed by atoms with van der Waals surface area (Å²) in [5.74, 6) is -0.340. The average molecular weight is 309 g/mol. The molecule has 7 heteroatoms. The number of likely N-dealkylation sites (N-methyl/N-ethyl adjacent to an activating group) is 1. The minimum atomic E-state index is -3.74. The third-order valence-electron chi connectivity index (χ3n) is 2.96. The third kappa shape index (κ3) is 4.28. The zero-order valence-electron chi connectivity index (χ0n) is 12.4. The summed E-state index contributed by atoms with van der Waals surface area (Å²) >= 11 is 0. The molecular formula is C14H19N3O3S. The SMILES string of the molecule is CCCNC(=O)CN(C)S(=O)(=O)c1ccc(C#N)c(C)c1. The first-order valence-electron chi connectivity index (χ1n) is 6.56. The van der Waals surface area contributed by atoms with Gasteiger partial charge >= 0.3 is 0 Å². The van der Waals surface area contributed by atoms with Gasteiger partial charge in [0.15, 0.2) is 0 Å². The summed E-state index contributed by atoms with van der Waals surface area (Å²) in [5.41, 5.74) is 1.01. The lowest BCUT2D eigenvalue weighted by Crippen LogP contribution is -2.38. The number of nitrogens with zero attached hydrogens (tertiary/aromatic N) is 2. The van der Waals surface area contributed by atoms with Gasteiger partial charge in [-0.1, -0.05) is 6.92 Å². The number of amides is 1. The van der Waals surface area contributed by atoms with Gasteiger partial charge in [-0.25, -0.2) is 8.42 Å². The van der Waals surface area contributed by atoms with Gasteiger partial charge in [-0.2, -0.15) is 9.57 Å². The van der Waals surface area contributed by atoms with E-state index in [1.54, 1.807) is 6.92 Å². The summed E-state index contributed by atoms with van der Waals surface area (Å²) in [6.45, 7) is 3.87. The summed E-state index contributed by atoms with van der Waals surface area (Å²) in [6.07, 6.45) is 0.789. The maximum atomic E-state index is 12.4. The van der Waals surface area contributed by atoms with Crippen LogP contribution in [-0.2, 0) is 14.8 Å². The molecule has 1 N–H and O–H groups in total. The van der Waals surface area contributed by atoms with Gasteiger partial charge in [-0.05, 0) is 37.1 Å². The Morgan fingerprint density at radius 2 is 2.10 bits per heavy atom. The van der Waals surface area contributed by atoms with Crippen molar-refractivity contribution in [3.63, 3.8) is 0 Å². The van der Waals surface area contributed by atoms with Crippen molar-refractivity contribution in [3.8, 4) is 6.07 Å². The summed E-state index contributed by atoms with van der Waals surface area (Å²) in [4.78, 5) is 11.7. The van der Waals surface area contributed by atoms with Crippen LogP contribution in [0.5, 0.6) is 0 Å². The maximum absolute atomic E-state index is 12.4. The Kier molecular flexibility index (Phi) is 5.88. The molecule has 0 aromatic heterocycles. The predicted octanol–water partition coefficient (Wildman–Crippen LogP) is 1.01. The largest absolute Gasteiger partial charge is 0.355 e. The highest BCUT2D eigenvalue weighted by Gasteiger charge is 2.23. The zero-order valence-corrected chi connectivity index (χ0v) is 13.2. The fraction of sp³-hybridized carbons (Fsp3) is 0.429. The molecule has 0 saturated heterocycles. The number of aryl methyl sites for hydroxylation is 1. The number of nitriles is 1. The van der Waals surface area contributed by atoms with Gasteiger partial charge in [0.2, 0.25) is 15.9 Å². The number of sulfonamides is 1. The standard InChI is InChI=1S/C14H19N3O3S/c1-4-7-16-14(18)10-17(3)21(19,20)13-6-5-12(9-15)11(2)8-13/h5-6,8H,4,7,10H2,1-3H3,(H,16,18). The van der Waals surface area contributed by atoms with E-state index in [1.165, 1.54) is 25.2 Å². The maximum Gasteiger partial charge on any atom is 0.243 e. The highest BCUT2D eigenvalue weighted by Crippen LogP contribution is 2.18. The molecule has 6 nitrogen and oxygen atoms in total. The van der Waals surface area contributed by atoms with Crippen LogP contribution in [0, 0.1) is 18.3 Å². The average Bonchev–Trinajstić information content (AvgIpc) is 2.44. The van der Waals surface area contributed by atoms with Crippen molar-refractivity contribution in [1.29, 1.82) is 5.26 Å². The molecule has 0 radical (unpaired) electrons. The van der Waals surface area contributed by atoms with Crippen LogP contribution in [0.2, 0.25) is 0 Å². The van der Waals surface area contributed by atoms with Gasteiger partial charge < -0.3 is 5.32 Å². The number of benzene rings is 1. The Morgan fingerprint density at radius 3 is 2.62 bits per heavy atom. The molecule has 1 aromatic carbocycles. The van der Waals surface area contributed by atoms with Crippen LogP contribution in [0.3, 0.4) is 0 Å². The molecule has 1 rings (SSSR count). The minimum absolute atomic E-state index is 0.0739. The minimum Gasteiger partial charge on any atom is -0.355 e. The lowest BCUT2D eigenvalue weighted by atomic mass is 10.1. The molecular weight excluding hydrogens is 290 g/mol. The second kappa shape index (κ2) is 7.20. The Balaban J connectivity index is 2.92. The Bertz CT molecular complexity index is 663. The summed E-state index contributed by atoms with van der Waals surface area (Å²) < 4.78 is 25.7. The van der Waals surface area contributed by atoms with Crippen LogP contribution in [0.15, 0.2) is 23.1 Å². The first kappa shape index (κ1) is 17.1. The van der Waals surface area contributed by atoms with Crippen molar-refractivity contribution in [2.24, 2.45) is 0 Å². The van der Waals surface area contributed by atoms with Gasteiger partial charge in [-0.15, -0.1) is 0 Å². The third-order valence-corrected chi connectivity index (χ3v) is 4.76. The number of carbonyl (C=O) groups is 1. The molecule has 0 atom stereocenters. The summed E-state index contributed by atoms with van der Waals surface area (Å²) in [5, 5.41) is 11.5. The van der Waals surface area contributed by atoms with Crippen molar-refractivity contribution in [3.05, 3.63) is 29.3 Å². The number of hydrogen-bond donors (Lipinski definition) is 1. The van der Waals surface area contributed by atoms with E-state index in [9.17, 15) is 13.2 Å². The summed E-state index contributed by atoms with van der Waals surface area (Å²) in [7, 11) is -2.39. The molecule has 0 heterocycles. The van der Waals surface area contributed by atoms with E-state index in [4.69, 9.17) is 5.26 Å². The highest BCUT2D eigenvalue weighted by molar-refractivity contribution is 7.89. The molecule has 1 aromatic rings. The van der Waals surface area contributed by atoms with E-state index in [-0.39, 0.29) is 17.3 Å².